The Labute approximate surface area is 160 Å². The number of aliphatic hydroxyl groups is 1. The normalized spacial score (nSPS) is 15.4. The summed E-state index contributed by atoms with van der Waals surface area (Å²) in [7, 11) is -5.24. The van der Waals surface area contributed by atoms with Crippen molar-refractivity contribution in [1.29, 1.82) is 0 Å². The van der Waals surface area contributed by atoms with Crippen LogP contribution in [0.5, 0.6) is 0 Å². The summed E-state index contributed by atoms with van der Waals surface area (Å²) >= 11 is 0. The molecule has 0 rings (SSSR count). The summed E-state index contributed by atoms with van der Waals surface area (Å²) in [5.74, 6) is -3.21. The quantitative estimate of drug-likeness (QED) is 0.105. The molecule has 0 aliphatic carbocycles. The maximum absolute atomic E-state index is 12.2. The molecule has 0 spiro atoms. The second-order valence-corrected chi connectivity index (χ2v) is 8.03. The molecule has 0 amide bonds. The molecular weight excluding hydrogens is 378 g/mol. The van der Waals surface area contributed by atoms with Crippen LogP contribution in [0, 0.1) is 0 Å². The highest BCUT2D eigenvalue weighted by molar-refractivity contribution is 7.88. The molecule has 0 radical (unpaired) electrons. The summed E-state index contributed by atoms with van der Waals surface area (Å²) in [6, 6.07) is 0. The van der Waals surface area contributed by atoms with Crippen molar-refractivity contribution in [2.45, 2.75) is 82.7 Å². The molecular formula is C17H31NO8S. The summed E-state index contributed by atoms with van der Waals surface area (Å²) in [6.45, 7) is 3.22. The second kappa shape index (κ2) is 12.8. The number of carbonyl (C=O) groups excluding carboxylic acids is 1. The molecule has 0 aliphatic rings. The number of nitrogens with one attached hydrogen (secondary N) is 1. The summed E-state index contributed by atoms with van der Waals surface area (Å²) in [4.78, 5) is 20.1. The van der Waals surface area contributed by atoms with E-state index in [1.807, 2.05) is 5.32 Å². The predicted molar refractivity (Wildman–Crippen MR) is 99.2 cm³/mol. The molecule has 0 saturated carbocycles. The van der Waals surface area contributed by atoms with Gasteiger partial charge in [0, 0.05) is 0 Å². The van der Waals surface area contributed by atoms with E-state index < -0.39 is 39.6 Å². The molecule has 0 aliphatic heterocycles. The average molecular weight is 410 g/mol. The molecule has 0 bridgehead atoms. The molecule has 2 atom stereocenters. The van der Waals surface area contributed by atoms with Gasteiger partial charge in [-0.25, -0.2) is 4.79 Å². The summed E-state index contributed by atoms with van der Waals surface area (Å²) in [6.07, 6.45) is 7.95. The topological polar surface area (TPSA) is 150 Å². The first-order valence-corrected chi connectivity index (χ1v) is 10.5. The molecule has 0 aromatic heterocycles. The molecule has 27 heavy (non-hydrogen) atoms. The third-order valence-corrected chi connectivity index (χ3v) is 5.17. The van der Waals surface area contributed by atoms with Gasteiger partial charge < -0.3 is 14.9 Å². The van der Waals surface area contributed by atoms with E-state index in [4.69, 9.17) is 9.84 Å². The SMILES string of the molecule is CCCCCCCCCC=COC(=O)C(CC(=O)O)(NC(C)O)S(=O)(=O)O. The number of unbranched alkanes of at least 4 members (excludes halogenated alkanes) is 7. The Bertz CT molecular complexity index is 588. The van der Waals surface area contributed by atoms with Gasteiger partial charge in [0.05, 0.1) is 12.7 Å². The number of carboxylic acids is 1. The van der Waals surface area contributed by atoms with Crippen LogP contribution in [0.3, 0.4) is 0 Å². The average Bonchev–Trinajstić information content (AvgIpc) is 2.53. The molecule has 0 aromatic rings. The molecule has 0 aromatic carbocycles. The van der Waals surface area contributed by atoms with Gasteiger partial charge in [-0.3, -0.25) is 14.7 Å². The van der Waals surface area contributed by atoms with E-state index in [0.717, 1.165) is 32.4 Å². The third-order valence-electron chi connectivity index (χ3n) is 3.86. The Balaban J connectivity index is 4.71. The summed E-state index contributed by atoms with van der Waals surface area (Å²) in [5, 5.41) is 20.1. The van der Waals surface area contributed by atoms with E-state index in [0.29, 0.717) is 6.42 Å². The van der Waals surface area contributed by atoms with Gasteiger partial charge in [-0.1, -0.05) is 45.4 Å². The van der Waals surface area contributed by atoms with Crippen LogP contribution in [-0.4, -0.2) is 46.2 Å². The smallest absolute Gasteiger partial charge is 0.350 e. The first-order chi connectivity index (χ1) is 12.6. The largest absolute Gasteiger partial charge is 0.481 e. The van der Waals surface area contributed by atoms with Gasteiger partial charge in [-0.15, -0.1) is 0 Å². The lowest BCUT2D eigenvalue weighted by atomic mass is 10.1. The maximum atomic E-state index is 12.2. The number of carboxylic acid groups (broad SMARTS) is 1. The van der Waals surface area contributed by atoms with Crippen molar-refractivity contribution < 1.29 is 37.5 Å². The van der Waals surface area contributed by atoms with Crippen LogP contribution in [0.15, 0.2) is 12.3 Å². The highest BCUT2D eigenvalue weighted by Crippen LogP contribution is 2.21. The number of esters is 1. The maximum Gasteiger partial charge on any atom is 0.350 e. The zero-order valence-corrected chi connectivity index (χ0v) is 16.7. The number of allylic oxidation sites excluding steroid dienone is 1. The minimum atomic E-state index is -5.24. The summed E-state index contributed by atoms with van der Waals surface area (Å²) in [5.41, 5.74) is 0. The third kappa shape index (κ3) is 9.85. The fourth-order valence-corrected chi connectivity index (χ4v) is 3.38. The number of rotatable bonds is 15. The fraction of sp³-hybridized carbons (Fsp3) is 0.765. The zero-order valence-electron chi connectivity index (χ0n) is 15.9. The minimum absolute atomic E-state index is 0.600. The number of ether oxygens (including phenoxy) is 1. The highest BCUT2D eigenvalue weighted by atomic mass is 32.2. The molecule has 158 valence electrons. The molecule has 0 fully saturated rings. The van der Waals surface area contributed by atoms with E-state index in [9.17, 15) is 27.7 Å². The van der Waals surface area contributed by atoms with E-state index >= 15 is 0 Å². The van der Waals surface area contributed by atoms with Crippen LogP contribution in [-0.2, 0) is 24.4 Å². The van der Waals surface area contributed by atoms with Crippen molar-refractivity contribution in [3.05, 3.63) is 12.3 Å². The number of hydrogen-bond acceptors (Lipinski definition) is 7. The van der Waals surface area contributed by atoms with Crippen LogP contribution < -0.4 is 5.32 Å². The van der Waals surface area contributed by atoms with E-state index in [1.54, 1.807) is 0 Å². The lowest BCUT2D eigenvalue weighted by molar-refractivity contribution is -0.149. The first kappa shape index (κ1) is 25.5. The predicted octanol–water partition coefficient (Wildman–Crippen LogP) is 2.17. The van der Waals surface area contributed by atoms with E-state index in [2.05, 4.69) is 6.92 Å². The van der Waals surface area contributed by atoms with Gasteiger partial charge in [-0.2, -0.15) is 8.42 Å². The molecule has 10 heteroatoms. The van der Waals surface area contributed by atoms with Crippen LogP contribution in [0.25, 0.3) is 0 Å². The number of carbonyl (C=O) groups is 2. The summed E-state index contributed by atoms with van der Waals surface area (Å²) < 4.78 is 37.4. The molecule has 0 saturated heterocycles. The van der Waals surface area contributed by atoms with Gasteiger partial charge in [-0.05, 0) is 25.8 Å². The van der Waals surface area contributed by atoms with Crippen molar-refractivity contribution in [1.82, 2.24) is 5.32 Å². The Hall–Kier alpha value is -1.49. The molecule has 2 unspecified atom stereocenters. The lowest BCUT2D eigenvalue weighted by Gasteiger charge is -2.28. The molecule has 9 nitrogen and oxygen atoms in total. The standard InChI is InChI=1S/C17H31NO8S/c1-3-4-5-6-7-8-9-10-11-12-26-16(22)17(13-15(20)21,18-14(2)19)27(23,24)25/h11-12,14,18-19H,3-10,13H2,1-2H3,(H,20,21)(H,23,24,25). The Morgan fingerprint density at radius 1 is 1.15 bits per heavy atom. The molecule has 0 heterocycles. The zero-order chi connectivity index (χ0) is 20.9. The van der Waals surface area contributed by atoms with E-state index in [-0.39, 0.29) is 0 Å². The van der Waals surface area contributed by atoms with Crippen molar-refractivity contribution in [2.75, 3.05) is 0 Å². The minimum Gasteiger partial charge on any atom is -0.481 e. The fourth-order valence-electron chi connectivity index (χ4n) is 2.50. The van der Waals surface area contributed by atoms with Gasteiger partial charge in [0.25, 0.3) is 15.0 Å². The van der Waals surface area contributed by atoms with Crippen LogP contribution in [0.4, 0.5) is 0 Å². The second-order valence-electron chi connectivity index (χ2n) is 6.38. The first-order valence-electron chi connectivity index (χ1n) is 9.07. The van der Waals surface area contributed by atoms with E-state index in [1.165, 1.54) is 31.8 Å². The van der Waals surface area contributed by atoms with Crippen molar-refractivity contribution in [2.24, 2.45) is 0 Å². The number of hydrogen-bond donors (Lipinski definition) is 4. The van der Waals surface area contributed by atoms with Gasteiger partial charge in [0.1, 0.15) is 6.23 Å². The Kier molecular flexibility index (Phi) is 12.1. The van der Waals surface area contributed by atoms with Crippen LogP contribution in [0.2, 0.25) is 0 Å². The Morgan fingerprint density at radius 2 is 1.70 bits per heavy atom. The lowest BCUT2D eigenvalue weighted by Crippen LogP contribution is -2.61. The van der Waals surface area contributed by atoms with Gasteiger partial charge in [0.15, 0.2) is 0 Å². The van der Waals surface area contributed by atoms with Crippen LogP contribution in [0.1, 0.15) is 71.6 Å². The van der Waals surface area contributed by atoms with Crippen molar-refractivity contribution >= 4 is 22.1 Å². The van der Waals surface area contributed by atoms with Crippen molar-refractivity contribution in [3.8, 4) is 0 Å². The van der Waals surface area contributed by atoms with Gasteiger partial charge >= 0.3 is 11.9 Å². The van der Waals surface area contributed by atoms with Crippen molar-refractivity contribution in [3.63, 3.8) is 0 Å². The van der Waals surface area contributed by atoms with Crippen LogP contribution >= 0.6 is 0 Å². The highest BCUT2D eigenvalue weighted by Gasteiger charge is 2.54. The number of aliphatic carboxylic acids is 1. The van der Waals surface area contributed by atoms with Gasteiger partial charge in [0.2, 0.25) is 0 Å². The number of aliphatic hydroxyl groups excluding tert-OH is 1. The monoisotopic (exact) mass is 409 g/mol. The Morgan fingerprint density at radius 3 is 2.19 bits per heavy atom. The molecule has 4 N–H and O–H groups in total.